The van der Waals surface area contributed by atoms with Gasteiger partial charge in [-0.3, -0.25) is 0 Å². The number of guanidine groups is 1. The molecule has 0 unspecified atom stereocenters. The van der Waals surface area contributed by atoms with Crippen molar-refractivity contribution in [2.45, 2.75) is 30.7 Å². The highest BCUT2D eigenvalue weighted by Crippen LogP contribution is 2.24. The van der Waals surface area contributed by atoms with Crippen LogP contribution in [0.15, 0.2) is 58.5 Å². The number of hydrogen-bond acceptors (Lipinski definition) is 4. The molecule has 0 radical (unpaired) electrons. The van der Waals surface area contributed by atoms with Crippen LogP contribution in [-0.4, -0.2) is 36.8 Å². The third-order valence-corrected chi connectivity index (χ3v) is 6.25. The lowest BCUT2D eigenvalue weighted by Gasteiger charge is -2.26. The molecule has 27 heavy (non-hydrogen) atoms. The third kappa shape index (κ3) is 5.63. The molecule has 1 aromatic carbocycles. The number of nitrogens with zero attached hydrogens (tertiary/aromatic N) is 3. The zero-order valence-electron chi connectivity index (χ0n) is 14.9. The van der Waals surface area contributed by atoms with Gasteiger partial charge in [-0.15, -0.1) is 24.0 Å². The lowest BCUT2D eigenvalue weighted by molar-refractivity contribution is 0.346. The molecular weight excluding hydrogens is 477 g/mol. The van der Waals surface area contributed by atoms with E-state index in [1.807, 2.05) is 12.1 Å². The van der Waals surface area contributed by atoms with Crippen LogP contribution in [0.5, 0.6) is 0 Å². The van der Waals surface area contributed by atoms with Crippen LogP contribution >= 0.6 is 24.0 Å². The van der Waals surface area contributed by atoms with Gasteiger partial charge in [0.05, 0.1) is 11.4 Å². The van der Waals surface area contributed by atoms with E-state index < -0.39 is 10.0 Å². The zero-order valence-corrected chi connectivity index (χ0v) is 18.1. The molecule has 146 valence electrons. The number of benzene rings is 1. The van der Waals surface area contributed by atoms with Crippen LogP contribution in [0.3, 0.4) is 0 Å². The molecule has 0 saturated carbocycles. The van der Waals surface area contributed by atoms with Crippen LogP contribution in [0.2, 0.25) is 0 Å². The van der Waals surface area contributed by atoms with Gasteiger partial charge in [-0.25, -0.2) is 18.4 Å². The molecule has 0 amide bonds. The largest absolute Gasteiger partial charge is 0.370 e. The number of rotatable bonds is 5. The van der Waals surface area contributed by atoms with E-state index in [2.05, 4.69) is 15.3 Å². The van der Waals surface area contributed by atoms with Gasteiger partial charge in [0.1, 0.15) is 5.82 Å². The van der Waals surface area contributed by atoms with E-state index in [4.69, 9.17) is 5.73 Å². The van der Waals surface area contributed by atoms with Crippen LogP contribution in [-0.2, 0) is 16.6 Å². The summed E-state index contributed by atoms with van der Waals surface area (Å²) in [4.78, 5) is 8.69. The van der Waals surface area contributed by atoms with Gasteiger partial charge in [-0.1, -0.05) is 30.7 Å². The number of nitrogens with one attached hydrogen (secondary N) is 1. The lowest BCUT2D eigenvalue weighted by atomic mass is 10.2. The summed E-state index contributed by atoms with van der Waals surface area (Å²) in [5, 5.41) is 2.89. The van der Waals surface area contributed by atoms with E-state index in [1.54, 1.807) is 40.8 Å². The minimum Gasteiger partial charge on any atom is -0.370 e. The van der Waals surface area contributed by atoms with Gasteiger partial charge < -0.3 is 11.1 Å². The first-order chi connectivity index (χ1) is 12.6. The van der Waals surface area contributed by atoms with Gasteiger partial charge in [-0.05, 0) is 36.6 Å². The van der Waals surface area contributed by atoms with Gasteiger partial charge in [0.15, 0.2) is 5.96 Å². The number of sulfonamides is 1. The zero-order chi connectivity index (χ0) is 18.4. The van der Waals surface area contributed by atoms with Crippen LogP contribution in [0.4, 0.5) is 5.82 Å². The molecule has 1 aliphatic rings. The van der Waals surface area contributed by atoms with E-state index in [0.29, 0.717) is 29.4 Å². The standard InChI is InChI=1S/C18H23N5O2S.HI/c19-18(22-17-10-4-5-11-20-17)21-14-15-8-2-3-9-16(15)26(24,25)23-12-6-1-7-13-23;/h2-5,8-11H,1,6-7,12-14H2,(H3,19,20,21,22);1H. The summed E-state index contributed by atoms with van der Waals surface area (Å²) in [6, 6.07) is 12.4. The molecule has 2 aromatic rings. The Labute approximate surface area is 177 Å². The molecule has 0 bridgehead atoms. The number of halogens is 1. The fraction of sp³-hybridized carbons (Fsp3) is 0.333. The second-order valence-electron chi connectivity index (χ2n) is 6.11. The van der Waals surface area contributed by atoms with Crippen LogP contribution < -0.4 is 11.1 Å². The summed E-state index contributed by atoms with van der Waals surface area (Å²) in [7, 11) is -3.51. The predicted molar refractivity (Wildman–Crippen MR) is 118 cm³/mol. The van der Waals surface area contributed by atoms with Crippen LogP contribution in [0, 0.1) is 0 Å². The highest BCUT2D eigenvalue weighted by Gasteiger charge is 2.27. The highest BCUT2D eigenvalue weighted by atomic mass is 127. The SMILES string of the molecule is I.NC(=NCc1ccccc1S(=O)(=O)N1CCCCC1)Nc1ccccn1. The van der Waals surface area contributed by atoms with Crippen molar-refractivity contribution >= 4 is 45.8 Å². The maximum atomic E-state index is 13.0. The molecule has 0 aliphatic carbocycles. The summed E-state index contributed by atoms with van der Waals surface area (Å²) in [6.07, 6.45) is 4.53. The van der Waals surface area contributed by atoms with E-state index in [1.165, 1.54) is 0 Å². The van der Waals surface area contributed by atoms with Gasteiger partial charge in [-0.2, -0.15) is 4.31 Å². The van der Waals surface area contributed by atoms with Crippen molar-refractivity contribution in [1.82, 2.24) is 9.29 Å². The summed E-state index contributed by atoms with van der Waals surface area (Å²) >= 11 is 0. The summed E-state index contributed by atoms with van der Waals surface area (Å²) < 4.78 is 27.5. The van der Waals surface area contributed by atoms with E-state index >= 15 is 0 Å². The highest BCUT2D eigenvalue weighted by molar-refractivity contribution is 14.0. The average Bonchev–Trinajstić information content (AvgIpc) is 2.68. The number of aliphatic imine (C=N–C) groups is 1. The van der Waals surface area contributed by atoms with Crippen LogP contribution in [0.25, 0.3) is 0 Å². The number of anilines is 1. The second kappa shape index (κ2) is 10.00. The molecule has 0 atom stereocenters. The molecule has 1 aliphatic heterocycles. The second-order valence-corrected chi connectivity index (χ2v) is 8.02. The summed E-state index contributed by atoms with van der Waals surface area (Å²) in [5.74, 6) is 0.775. The Balaban J connectivity index is 0.00000261. The Morgan fingerprint density at radius 1 is 1.11 bits per heavy atom. The Kier molecular flexibility index (Phi) is 7.99. The molecule has 0 spiro atoms. The van der Waals surface area contributed by atoms with Gasteiger partial charge in [0.25, 0.3) is 0 Å². The van der Waals surface area contributed by atoms with Crippen LogP contribution in [0.1, 0.15) is 24.8 Å². The van der Waals surface area contributed by atoms with E-state index in [0.717, 1.165) is 19.3 Å². The molecule has 2 heterocycles. The maximum Gasteiger partial charge on any atom is 0.243 e. The molecule has 3 N–H and O–H groups in total. The predicted octanol–water partition coefficient (Wildman–Crippen LogP) is 2.80. The van der Waals surface area contributed by atoms with Crippen molar-refractivity contribution in [3.63, 3.8) is 0 Å². The molecule has 3 rings (SSSR count). The van der Waals surface area contributed by atoms with Crippen molar-refractivity contribution < 1.29 is 8.42 Å². The van der Waals surface area contributed by atoms with Gasteiger partial charge in [0.2, 0.25) is 10.0 Å². The smallest absolute Gasteiger partial charge is 0.243 e. The summed E-state index contributed by atoms with van der Waals surface area (Å²) in [5.41, 5.74) is 6.52. The van der Waals surface area contributed by atoms with Crippen molar-refractivity contribution in [2.24, 2.45) is 10.7 Å². The Morgan fingerprint density at radius 3 is 2.52 bits per heavy atom. The van der Waals surface area contributed by atoms with Crippen molar-refractivity contribution in [2.75, 3.05) is 18.4 Å². The number of nitrogens with two attached hydrogens (primary N) is 1. The monoisotopic (exact) mass is 501 g/mol. The average molecular weight is 501 g/mol. The Hall–Kier alpha value is -1.72. The van der Waals surface area contributed by atoms with Gasteiger partial charge >= 0.3 is 0 Å². The van der Waals surface area contributed by atoms with E-state index in [-0.39, 0.29) is 36.5 Å². The van der Waals surface area contributed by atoms with Crippen molar-refractivity contribution in [1.29, 1.82) is 0 Å². The number of pyridine rings is 1. The molecule has 1 aromatic heterocycles. The quantitative estimate of drug-likeness (QED) is 0.373. The lowest BCUT2D eigenvalue weighted by Crippen LogP contribution is -2.36. The fourth-order valence-corrected chi connectivity index (χ4v) is 4.64. The molecule has 1 saturated heterocycles. The normalized spacial score (nSPS) is 15.8. The minimum absolute atomic E-state index is 0. The van der Waals surface area contributed by atoms with Crippen molar-refractivity contribution in [3.05, 3.63) is 54.2 Å². The topological polar surface area (TPSA) is 101 Å². The first-order valence-corrected chi connectivity index (χ1v) is 10.1. The Bertz CT molecular complexity index is 868. The molecular formula is C18H24IN5O2S. The third-order valence-electron chi connectivity index (χ3n) is 4.25. The number of hydrogen-bond donors (Lipinski definition) is 2. The van der Waals surface area contributed by atoms with E-state index in [9.17, 15) is 8.42 Å². The fourth-order valence-electron chi connectivity index (χ4n) is 2.91. The molecule has 7 nitrogen and oxygen atoms in total. The first-order valence-electron chi connectivity index (χ1n) is 8.63. The van der Waals surface area contributed by atoms with Crippen molar-refractivity contribution in [3.8, 4) is 0 Å². The minimum atomic E-state index is -3.51. The number of aromatic nitrogens is 1. The molecule has 9 heteroatoms. The first kappa shape index (κ1) is 21.6. The Morgan fingerprint density at radius 2 is 1.81 bits per heavy atom. The molecule has 1 fully saturated rings. The van der Waals surface area contributed by atoms with Gasteiger partial charge in [0, 0.05) is 19.3 Å². The summed E-state index contributed by atoms with van der Waals surface area (Å²) in [6.45, 7) is 1.32. The number of piperidine rings is 1. The maximum absolute atomic E-state index is 13.0.